The molecule has 0 aromatic carbocycles. The zero-order valence-corrected chi connectivity index (χ0v) is 7.78. The Labute approximate surface area is 83.5 Å². The number of hydrogen-bond donors (Lipinski definition) is 1. The molecule has 0 saturated heterocycles. The molecule has 0 unspecified atom stereocenters. The lowest BCUT2D eigenvalue weighted by Gasteiger charge is -1.99. The predicted octanol–water partition coefficient (Wildman–Crippen LogP) is 0.615. The van der Waals surface area contributed by atoms with E-state index in [1.807, 2.05) is 0 Å². The van der Waals surface area contributed by atoms with Gasteiger partial charge in [-0.2, -0.15) is 0 Å². The molecule has 0 saturated carbocycles. The van der Waals surface area contributed by atoms with Gasteiger partial charge in [-0.05, 0) is 0 Å². The fraction of sp³-hybridized carbons (Fsp3) is 0.143. The Morgan fingerprint density at radius 1 is 1.57 bits per heavy atom. The van der Waals surface area contributed by atoms with E-state index in [1.165, 1.54) is 0 Å². The Morgan fingerprint density at radius 2 is 2.21 bits per heavy atom. The fourth-order valence-corrected chi connectivity index (χ4v) is 0.904. The summed E-state index contributed by atoms with van der Waals surface area (Å²) in [5, 5.41) is 8.27. The first kappa shape index (κ1) is 10.4. The summed E-state index contributed by atoms with van der Waals surface area (Å²) in [6.45, 7) is 0. The topological polar surface area (TPSA) is 89.4 Å². The average Bonchev–Trinajstić information content (AvgIpc) is 2.15. The van der Waals surface area contributed by atoms with E-state index in [4.69, 9.17) is 16.7 Å². The van der Waals surface area contributed by atoms with Crippen molar-refractivity contribution in [1.82, 2.24) is 9.97 Å². The van der Waals surface area contributed by atoms with E-state index in [1.54, 1.807) is 0 Å². The summed E-state index contributed by atoms with van der Waals surface area (Å²) in [5.41, 5.74) is -0.265. The van der Waals surface area contributed by atoms with E-state index in [9.17, 15) is 9.59 Å². The molecule has 0 aliphatic carbocycles. The molecular formula is C7H5ClN2O4. The first-order valence-corrected chi connectivity index (χ1v) is 3.78. The third kappa shape index (κ3) is 1.97. The van der Waals surface area contributed by atoms with Gasteiger partial charge in [-0.25, -0.2) is 19.6 Å². The number of halogens is 1. The Morgan fingerprint density at radius 3 is 2.64 bits per heavy atom. The molecule has 1 aromatic rings. The van der Waals surface area contributed by atoms with Crippen LogP contribution in [0.1, 0.15) is 21.0 Å². The van der Waals surface area contributed by atoms with Crippen LogP contribution >= 0.6 is 11.6 Å². The van der Waals surface area contributed by atoms with Gasteiger partial charge >= 0.3 is 11.9 Å². The van der Waals surface area contributed by atoms with Crippen molar-refractivity contribution in [3.05, 3.63) is 22.7 Å². The van der Waals surface area contributed by atoms with E-state index >= 15 is 0 Å². The van der Waals surface area contributed by atoms with Gasteiger partial charge in [0.15, 0.2) is 0 Å². The molecule has 7 heteroatoms. The van der Waals surface area contributed by atoms with Crippen molar-refractivity contribution < 1.29 is 19.4 Å². The smallest absolute Gasteiger partial charge is 0.376 e. The van der Waals surface area contributed by atoms with Gasteiger partial charge in [-0.3, -0.25) is 0 Å². The van der Waals surface area contributed by atoms with Gasteiger partial charge in [-0.1, -0.05) is 11.6 Å². The number of aromatic carboxylic acids is 1. The van der Waals surface area contributed by atoms with Gasteiger partial charge in [0.2, 0.25) is 5.82 Å². The van der Waals surface area contributed by atoms with Crippen molar-refractivity contribution in [1.29, 1.82) is 0 Å². The lowest BCUT2D eigenvalue weighted by Crippen LogP contribution is -2.10. The molecule has 0 fully saturated rings. The molecule has 0 atom stereocenters. The number of nitrogens with zero attached hydrogens (tertiary/aromatic N) is 2. The van der Waals surface area contributed by atoms with Crippen molar-refractivity contribution in [3.63, 3.8) is 0 Å². The normalized spacial score (nSPS) is 9.57. The summed E-state index contributed by atoms with van der Waals surface area (Å²) < 4.78 is 4.32. The van der Waals surface area contributed by atoms with Crippen molar-refractivity contribution in [2.75, 3.05) is 7.11 Å². The number of carbonyl (C=O) groups excluding carboxylic acids is 1. The van der Waals surface area contributed by atoms with Crippen LogP contribution in [0.15, 0.2) is 6.20 Å². The van der Waals surface area contributed by atoms with Crippen LogP contribution in [0.3, 0.4) is 0 Å². The molecule has 1 aromatic heterocycles. The molecule has 0 amide bonds. The number of hydrogen-bond acceptors (Lipinski definition) is 5. The van der Waals surface area contributed by atoms with Crippen LogP contribution in [0, 0.1) is 0 Å². The Bertz CT molecular complexity index is 393. The maximum absolute atomic E-state index is 10.9. The minimum atomic E-state index is -1.26. The second-order valence-electron chi connectivity index (χ2n) is 2.19. The summed E-state index contributed by atoms with van der Waals surface area (Å²) in [6.07, 6.45) is 0.948. The zero-order chi connectivity index (χ0) is 10.7. The van der Waals surface area contributed by atoms with E-state index in [2.05, 4.69) is 14.7 Å². The monoisotopic (exact) mass is 216 g/mol. The van der Waals surface area contributed by atoms with Crippen molar-refractivity contribution in [3.8, 4) is 0 Å². The number of aromatic nitrogens is 2. The number of esters is 1. The molecule has 0 aliphatic rings. The van der Waals surface area contributed by atoms with Crippen LogP contribution < -0.4 is 0 Å². The minimum absolute atomic E-state index is 0.265. The summed E-state index contributed by atoms with van der Waals surface area (Å²) >= 11 is 5.49. The number of carbonyl (C=O) groups is 2. The average molecular weight is 217 g/mol. The highest BCUT2D eigenvalue weighted by Gasteiger charge is 2.15. The van der Waals surface area contributed by atoms with Crippen molar-refractivity contribution in [2.24, 2.45) is 0 Å². The molecule has 1 heterocycles. The molecule has 0 aliphatic heterocycles. The maximum Gasteiger partial charge on any atom is 0.376 e. The van der Waals surface area contributed by atoms with Crippen LogP contribution in [0.4, 0.5) is 0 Å². The summed E-state index contributed by atoms with van der Waals surface area (Å²) in [7, 11) is 1.16. The SMILES string of the molecule is COC(=O)c1ncc(C(=O)O)c(Cl)n1. The van der Waals surface area contributed by atoms with Gasteiger partial charge in [-0.15, -0.1) is 0 Å². The van der Waals surface area contributed by atoms with Gasteiger partial charge in [0.05, 0.1) is 7.11 Å². The quantitative estimate of drug-likeness (QED) is 0.576. The lowest BCUT2D eigenvalue weighted by molar-refractivity contribution is 0.0583. The largest absolute Gasteiger partial charge is 0.478 e. The highest BCUT2D eigenvalue weighted by molar-refractivity contribution is 6.32. The third-order valence-electron chi connectivity index (χ3n) is 1.34. The van der Waals surface area contributed by atoms with E-state index in [-0.39, 0.29) is 16.5 Å². The van der Waals surface area contributed by atoms with Crippen LogP contribution in [-0.4, -0.2) is 34.1 Å². The molecule has 14 heavy (non-hydrogen) atoms. The van der Waals surface area contributed by atoms with Gasteiger partial charge < -0.3 is 9.84 Å². The first-order valence-electron chi connectivity index (χ1n) is 3.40. The standard InChI is InChI=1S/C7H5ClN2O4/c1-14-7(13)5-9-2-3(6(11)12)4(8)10-5/h2H,1H3,(H,11,12). The Balaban J connectivity index is 3.12. The molecule has 1 rings (SSSR count). The molecule has 0 spiro atoms. The highest BCUT2D eigenvalue weighted by atomic mass is 35.5. The van der Waals surface area contributed by atoms with Gasteiger partial charge in [0.25, 0.3) is 0 Å². The number of carboxylic acids is 1. The molecular weight excluding hydrogens is 212 g/mol. The first-order chi connectivity index (χ1) is 6.56. The Hall–Kier alpha value is -1.69. The summed E-state index contributed by atoms with van der Waals surface area (Å²) in [5.74, 6) is -2.31. The second-order valence-corrected chi connectivity index (χ2v) is 2.55. The highest BCUT2D eigenvalue weighted by Crippen LogP contribution is 2.11. The third-order valence-corrected chi connectivity index (χ3v) is 1.63. The number of methoxy groups -OCH3 is 1. The lowest BCUT2D eigenvalue weighted by atomic mass is 10.3. The summed E-state index contributed by atoms with van der Waals surface area (Å²) in [6, 6.07) is 0. The second kappa shape index (κ2) is 4.01. The zero-order valence-electron chi connectivity index (χ0n) is 7.02. The predicted molar refractivity (Wildman–Crippen MR) is 45.3 cm³/mol. The number of rotatable bonds is 2. The van der Waals surface area contributed by atoms with E-state index in [0.717, 1.165) is 13.3 Å². The van der Waals surface area contributed by atoms with Crippen LogP contribution in [0.2, 0.25) is 5.15 Å². The Kier molecular flexibility index (Phi) is 2.98. The van der Waals surface area contributed by atoms with Crippen LogP contribution in [0.5, 0.6) is 0 Å². The molecule has 0 radical (unpaired) electrons. The molecule has 0 bridgehead atoms. The fourth-order valence-electron chi connectivity index (χ4n) is 0.694. The van der Waals surface area contributed by atoms with E-state index < -0.39 is 11.9 Å². The number of carboxylic acid groups (broad SMARTS) is 1. The number of ether oxygens (including phenoxy) is 1. The van der Waals surface area contributed by atoms with Gasteiger partial charge in [0, 0.05) is 6.20 Å². The maximum atomic E-state index is 10.9. The minimum Gasteiger partial charge on any atom is -0.478 e. The van der Waals surface area contributed by atoms with Crippen molar-refractivity contribution in [2.45, 2.75) is 0 Å². The molecule has 6 nitrogen and oxygen atoms in total. The van der Waals surface area contributed by atoms with Gasteiger partial charge in [0.1, 0.15) is 10.7 Å². The molecule has 1 N–H and O–H groups in total. The van der Waals surface area contributed by atoms with Crippen molar-refractivity contribution >= 4 is 23.5 Å². The van der Waals surface area contributed by atoms with Crippen LogP contribution in [0.25, 0.3) is 0 Å². The summed E-state index contributed by atoms with van der Waals surface area (Å²) in [4.78, 5) is 28.3. The van der Waals surface area contributed by atoms with Crippen LogP contribution in [-0.2, 0) is 4.74 Å². The molecule has 74 valence electrons. The van der Waals surface area contributed by atoms with E-state index in [0.29, 0.717) is 0 Å².